The number of nitrogens with one attached hydrogen (secondary N) is 1. The number of halogens is 2. The van der Waals surface area contributed by atoms with Crippen molar-refractivity contribution in [1.29, 1.82) is 0 Å². The summed E-state index contributed by atoms with van der Waals surface area (Å²) in [5.41, 5.74) is 2.26. The lowest BCUT2D eigenvalue weighted by molar-refractivity contribution is -0.133. The maximum absolute atomic E-state index is 15.2. The summed E-state index contributed by atoms with van der Waals surface area (Å²) in [6.07, 6.45) is 6.28. The summed E-state index contributed by atoms with van der Waals surface area (Å²) in [4.78, 5) is 13.9. The zero-order valence-corrected chi connectivity index (χ0v) is 15.4. The van der Waals surface area contributed by atoms with Crippen molar-refractivity contribution in [2.75, 3.05) is 13.1 Å². The number of hydrogen-bond donors (Lipinski definition) is 2. The third-order valence-electron chi connectivity index (χ3n) is 7.40. The molecule has 4 nitrogen and oxygen atoms in total. The second-order valence-electron chi connectivity index (χ2n) is 9.61. The van der Waals surface area contributed by atoms with Crippen LogP contribution in [0.1, 0.15) is 60.0 Å². The van der Waals surface area contributed by atoms with E-state index in [1.54, 1.807) is 11.5 Å². The molecule has 0 spiro atoms. The van der Waals surface area contributed by atoms with Crippen LogP contribution in [-0.4, -0.2) is 34.8 Å². The highest BCUT2D eigenvalue weighted by Gasteiger charge is 2.58. The van der Waals surface area contributed by atoms with Crippen LogP contribution in [0.25, 0.3) is 0 Å². The number of carbonyl (C=O) groups is 1. The first kappa shape index (κ1) is 17.6. The Morgan fingerprint density at radius 3 is 2.67 bits per heavy atom. The molecule has 4 aliphatic carbocycles. The van der Waals surface area contributed by atoms with Crippen molar-refractivity contribution in [3.05, 3.63) is 34.6 Å². The van der Waals surface area contributed by atoms with Gasteiger partial charge in [-0.2, -0.15) is 0 Å². The molecule has 0 radical (unpaired) electrons. The second-order valence-corrected chi connectivity index (χ2v) is 9.61. The molecule has 5 aliphatic rings. The molecule has 1 aromatic rings. The van der Waals surface area contributed by atoms with Gasteiger partial charge in [0.25, 0.3) is 5.91 Å². The standard InChI is InChI=1S/C21H26F2N2O2/c22-18-5-16(19(26)24-27)4-15-1-2-25(10-17(15)18)12-20-6-13-3-14(7-20)9-21(23,8-13)11-20/h4-5,13-14,27H,1-3,6-12H2,(H,24,26). The molecule has 2 atom stereocenters. The van der Waals surface area contributed by atoms with E-state index in [9.17, 15) is 9.18 Å². The zero-order chi connectivity index (χ0) is 18.8. The minimum Gasteiger partial charge on any atom is -0.298 e. The summed E-state index contributed by atoms with van der Waals surface area (Å²) in [5, 5.41) is 8.78. The predicted octanol–water partition coefficient (Wildman–Crippen LogP) is 3.61. The normalized spacial score (nSPS) is 37.3. The Morgan fingerprint density at radius 1 is 1.26 bits per heavy atom. The number of amides is 1. The number of nitrogens with zero attached hydrogens (tertiary/aromatic N) is 1. The van der Waals surface area contributed by atoms with Crippen LogP contribution in [0.4, 0.5) is 8.78 Å². The van der Waals surface area contributed by atoms with Crippen LogP contribution in [0.2, 0.25) is 0 Å². The molecule has 4 fully saturated rings. The van der Waals surface area contributed by atoms with Crippen molar-refractivity contribution in [3.8, 4) is 0 Å². The Kier molecular flexibility index (Phi) is 3.89. The van der Waals surface area contributed by atoms with E-state index in [0.717, 1.165) is 44.3 Å². The van der Waals surface area contributed by atoms with Gasteiger partial charge in [0.05, 0.1) is 0 Å². The maximum atomic E-state index is 15.2. The van der Waals surface area contributed by atoms with Gasteiger partial charge in [-0.05, 0) is 79.9 Å². The van der Waals surface area contributed by atoms with Gasteiger partial charge in [0, 0.05) is 30.8 Å². The monoisotopic (exact) mass is 376 g/mol. The van der Waals surface area contributed by atoms with E-state index in [4.69, 9.17) is 5.21 Å². The molecule has 6 heteroatoms. The van der Waals surface area contributed by atoms with Gasteiger partial charge >= 0.3 is 0 Å². The van der Waals surface area contributed by atoms with Crippen LogP contribution in [0.3, 0.4) is 0 Å². The van der Waals surface area contributed by atoms with Gasteiger partial charge in [-0.25, -0.2) is 14.3 Å². The third-order valence-corrected chi connectivity index (χ3v) is 7.40. The SMILES string of the molecule is O=C(NO)c1cc(F)c2c(c1)CCN(CC13CC4CC(CC(F)(C4)C1)C3)C2. The lowest BCUT2D eigenvalue weighted by atomic mass is 9.48. The Hall–Kier alpha value is -1.53. The molecule has 6 rings (SSSR count). The lowest BCUT2D eigenvalue weighted by Gasteiger charge is -2.60. The van der Waals surface area contributed by atoms with Crippen molar-refractivity contribution in [2.45, 2.75) is 57.2 Å². The van der Waals surface area contributed by atoms with E-state index < -0.39 is 17.4 Å². The molecule has 0 aromatic heterocycles. The zero-order valence-electron chi connectivity index (χ0n) is 15.4. The van der Waals surface area contributed by atoms with Crippen LogP contribution in [-0.2, 0) is 13.0 Å². The molecule has 1 aromatic carbocycles. The molecule has 2 unspecified atom stereocenters. The van der Waals surface area contributed by atoms with Crippen LogP contribution < -0.4 is 5.48 Å². The van der Waals surface area contributed by atoms with Crippen molar-refractivity contribution in [1.82, 2.24) is 10.4 Å². The number of alkyl halides is 1. The van der Waals surface area contributed by atoms with Crippen LogP contribution in [0.15, 0.2) is 12.1 Å². The molecule has 1 heterocycles. The first-order chi connectivity index (χ1) is 12.9. The Balaban J connectivity index is 1.35. The highest BCUT2D eigenvalue weighted by Crippen LogP contribution is 2.63. The number of benzene rings is 1. The summed E-state index contributed by atoms with van der Waals surface area (Å²) in [6, 6.07) is 2.86. The van der Waals surface area contributed by atoms with Crippen LogP contribution >= 0.6 is 0 Å². The maximum Gasteiger partial charge on any atom is 0.274 e. The average molecular weight is 376 g/mol. The molecular formula is C21H26F2N2O2. The van der Waals surface area contributed by atoms with Gasteiger partial charge < -0.3 is 0 Å². The molecule has 1 amide bonds. The highest BCUT2D eigenvalue weighted by atomic mass is 19.1. The van der Waals surface area contributed by atoms with E-state index in [0.29, 0.717) is 36.8 Å². The number of rotatable bonds is 3. The fraction of sp³-hybridized carbons (Fsp3) is 0.667. The van der Waals surface area contributed by atoms with Gasteiger partial charge in [-0.15, -0.1) is 0 Å². The van der Waals surface area contributed by atoms with Gasteiger partial charge in [-0.1, -0.05) is 0 Å². The fourth-order valence-corrected chi connectivity index (χ4v) is 7.00. The average Bonchev–Trinajstić information content (AvgIpc) is 2.59. The first-order valence-corrected chi connectivity index (χ1v) is 10.0. The molecule has 1 aliphatic heterocycles. The van der Waals surface area contributed by atoms with E-state index in [1.165, 1.54) is 12.5 Å². The molecule has 4 saturated carbocycles. The number of hydrogen-bond acceptors (Lipinski definition) is 3. The summed E-state index contributed by atoms with van der Waals surface area (Å²) >= 11 is 0. The first-order valence-electron chi connectivity index (χ1n) is 10.0. The fourth-order valence-electron chi connectivity index (χ4n) is 7.00. The van der Waals surface area contributed by atoms with Crippen molar-refractivity contribution in [2.24, 2.45) is 17.3 Å². The minimum absolute atomic E-state index is 0.0591. The molecule has 27 heavy (non-hydrogen) atoms. The Bertz CT molecular complexity index is 783. The predicted molar refractivity (Wildman–Crippen MR) is 95.6 cm³/mol. The molecule has 4 bridgehead atoms. The summed E-state index contributed by atoms with van der Waals surface area (Å²) in [6.45, 7) is 2.16. The number of fused-ring (bicyclic) bond motifs is 1. The van der Waals surface area contributed by atoms with E-state index in [1.807, 2.05) is 0 Å². The third kappa shape index (κ3) is 2.97. The van der Waals surface area contributed by atoms with Crippen molar-refractivity contribution < 1.29 is 18.8 Å². The summed E-state index contributed by atoms with van der Waals surface area (Å²) < 4.78 is 29.8. The van der Waals surface area contributed by atoms with E-state index >= 15 is 4.39 Å². The van der Waals surface area contributed by atoms with Gasteiger partial charge in [-0.3, -0.25) is 14.9 Å². The highest BCUT2D eigenvalue weighted by molar-refractivity contribution is 5.93. The van der Waals surface area contributed by atoms with Gasteiger partial charge in [0.1, 0.15) is 11.5 Å². The van der Waals surface area contributed by atoms with Gasteiger partial charge in [0.15, 0.2) is 0 Å². The minimum atomic E-state index is -0.963. The van der Waals surface area contributed by atoms with Crippen LogP contribution in [0.5, 0.6) is 0 Å². The largest absolute Gasteiger partial charge is 0.298 e. The van der Waals surface area contributed by atoms with Crippen molar-refractivity contribution in [3.63, 3.8) is 0 Å². The summed E-state index contributed by atoms with van der Waals surface area (Å²) in [5.74, 6) is -0.0292. The summed E-state index contributed by atoms with van der Waals surface area (Å²) in [7, 11) is 0. The van der Waals surface area contributed by atoms with Crippen LogP contribution in [0, 0.1) is 23.1 Å². The van der Waals surface area contributed by atoms with Crippen molar-refractivity contribution >= 4 is 5.91 Å². The molecular weight excluding hydrogens is 350 g/mol. The Morgan fingerprint density at radius 2 is 2.00 bits per heavy atom. The second kappa shape index (κ2) is 5.98. The Labute approximate surface area is 157 Å². The molecule has 146 valence electrons. The quantitative estimate of drug-likeness (QED) is 0.626. The van der Waals surface area contributed by atoms with E-state index in [-0.39, 0.29) is 11.0 Å². The number of carbonyl (C=O) groups excluding carboxylic acids is 1. The van der Waals surface area contributed by atoms with Gasteiger partial charge in [0.2, 0.25) is 0 Å². The number of hydroxylamine groups is 1. The molecule has 0 saturated heterocycles. The molecule has 2 N–H and O–H groups in total. The van der Waals surface area contributed by atoms with E-state index in [2.05, 4.69) is 4.90 Å². The smallest absolute Gasteiger partial charge is 0.274 e. The lowest BCUT2D eigenvalue weighted by Crippen LogP contribution is -2.57. The topological polar surface area (TPSA) is 52.6 Å².